The van der Waals surface area contributed by atoms with Crippen LogP contribution in [0.25, 0.3) is 0 Å². The first-order valence-corrected chi connectivity index (χ1v) is 5.10. The summed E-state index contributed by atoms with van der Waals surface area (Å²) in [6.45, 7) is 1.97. The molecule has 0 amide bonds. The summed E-state index contributed by atoms with van der Waals surface area (Å²) in [6, 6.07) is 7.64. The van der Waals surface area contributed by atoms with E-state index in [1.165, 1.54) is 0 Å². The van der Waals surface area contributed by atoms with Gasteiger partial charge in [-0.25, -0.2) is 0 Å². The van der Waals surface area contributed by atoms with Gasteiger partial charge in [0, 0.05) is 13.1 Å². The van der Waals surface area contributed by atoms with Gasteiger partial charge in [-0.3, -0.25) is 0 Å². The van der Waals surface area contributed by atoms with E-state index in [0.717, 1.165) is 11.5 Å². The Morgan fingerprint density at radius 3 is 2.93 bits per heavy atom. The van der Waals surface area contributed by atoms with Gasteiger partial charge in [-0.15, -0.1) is 0 Å². The van der Waals surface area contributed by atoms with E-state index in [4.69, 9.17) is 14.6 Å². The maximum Gasteiger partial charge on any atom is 0.161 e. The lowest BCUT2D eigenvalue weighted by atomic mass is 10.2. The molecule has 2 N–H and O–H groups in total. The first-order valence-electron chi connectivity index (χ1n) is 5.10. The number of nitrogens with one attached hydrogen (secondary N) is 1. The van der Waals surface area contributed by atoms with Gasteiger partial charge < -0.3 is 19.9 Å². The minimum Gasteiger partial charge on any atom is -0.486 e. The van der Waals surface area contributed by atoms with Crippen molar-refractivity contribution in [2.45, 2.75) is 6.10 Å². The number of aliphatic hydroxyl groups excluding tert-OH is 1. The third kappa shape index (κ3) is 2.61. The molecule has 0 radical (unpaired) electrons. The fourth-order valence-corrected chi connectivity index (χ4v) is 1.51. The first kappa shape index (κ1) is 10.3. The van der Waals surface area contributed by atoms with Gasteiger partial charge in [-0.1, -0.05) is 12.1 Å². The summed E-state index contributed by atoms with van der Waals surface area (Å²) in [5, 5.41) is 11.7. The minimum atomic E-state index is 0.0199. The average Bonchev–Trinajstić information content (AvgIpc) is 2.29. The molecule has 1 atom stereocenters. The van der Waals surface area contributed by atoms with Gasteiger partial charge >= 0.3 is 0 Å². The summed E-state index contributed by atoms with van der Waals surface area (Å²) in [6.07, 6.45) is 0.0199. The zero-order chi connectivity index (χ0) is 10.5. The molecule has 15 heavy (non-hydrogen) atoms. The fraction of sp³-hybridized carbons (Fsp3) is 0.455. The molecule has 0 saturated heterocycles. The quantitative estimate of drug-likeness (QED) is 0.705. The Kier molecular flexibility index (Phi) is 3.42. The molecule has 0 spiro atoms. The number of aliphatic hydroxyl groups is 1. The van der Waals surface area contributed by atoms with Crippen molar-refractivity contribution in [2.75, 3.05) is 26.3 Å². The lowest BCUT2D eigenvalue weighted by Gasteiger charge is -2.26. The molecule has 0 aromatic heterocycles. The van der Waals surface area contributed by atoms with Crippen LogP contribution in [0, 0.1) is 0 Å². The standard InChI is InChI=1S/C11H15NO3/c13-6-5-12-7-9-8-14-10-3-1-2-4-11(10)15-9/h1-4,9,12-13H,5-8H2/t9-/m1/s1. The maximum atomic E-state index is 8.62. The van der Waals surface area contributed by atoms with E-state index >= 15 is 0 Å². The van der Waals surface area contributed by atoms with Crippen LogP contribution in [0.15, 0.2) is 24.3 Å². The molecule has 0 saturated carbocycles. The van der Waals surface area contributed by atoms with Crippen molar-refractivity contribution >= 4 is 0 Å². The van der Waals surface area contributed by atoms with Gasteiger partial charge in [-0.2, -0.15) is 0 Å². The summed E-state index contributed by atoms with van der Waals surface area (Å²) >= 11 is 0. The molecule has 82 valence electrons. The van der Waals surface area contributed by atoms with Gasteiger partial charge in [0.2, 0.25) is 0 Å². The number of rotatable bonds is 4. The molecule has 1 heterocycles. The third-order valence-corrected chi connectivity index (χ3v) is 2.23. The van der Waals surface area contributed by atoms with Crippen molar-refractivity contribution in [2.24, 2.45) is 0 Å². The van der Waals surface area contributed by atoms with Crippen LogP contribution in [0.2, 0.25) is 0 Å². The lowest BCUT2D eigenvalue weighted by molar-refractivity contribution is 0.0895. The molecule has 1 aliphatic heterocycles. The number of hydrogen-bond acceptors (Lipinski definition) is 4. The largest absolute Gasteiger partial charge is 0.486 e. The maximum absolute atomic E-state index is 8.62. The highest BCUT2D eigenvalue weighted by atomic mass is 16.6. The average molecular weight is 209 g/mol. The SMILES string of the molecule is OCCNC[C@@H]1COc2ccccc2O1. The van der Waals surface area contributed by atoms with E-state index in [9.17, 15) is 0 Å². The molecule has 0 unspecified atom stereocenters. The Hall–Kier alpha value is -1.26. The van der Waals surface area contributed by atoms with Crippen LogP contribution in [-0.2, 0) is 0 Å². The Labute approximate surface area is 88.8 Å². The van der Waals surface area contributed by atoms with Crippen LogP contribution in [0.5, 0.6) is 11.5 Å². The van der Waals surface area contributed by atoms with E-state index in [0.29, 0.717) is 19.7 Å². The van der Waals surface area contributed by atoms with Crippen molar-refractivity contribution in [1.82, 2.24) is 5.32 Å². The van der Waals surface area contributed by atoms with E-state index in [1.54, 1.807) is 0 Å². The second kappa shape index (κ2) is 5.00. The predicted molar refractivity (Wildman–Crippen MR) is 56.3 cm³/mol. The summed E-state index contributed by atoms with van der Waals surface area (Å²) in [4.78, 5) is 0. The normalized spacial score (nSPS) is 18.9. The fourth-order valence-electron chi connectivity index (χ4n) is 1.51. The minimum absolute atomic E-state index is 0.0199. The van der Waals surface area contributed by atoms with Crippen LogP contribution in [0.4, 0.5) is 0 Å². The highest BCUT2D eigenvalue weighted by Gasteiger charge is 2.19. The summed E-state index contributed by atoms with van der Waals surface area (Å²) in [7, 11) is 0. The van der Waals surface area contributed by atoms with E-state index < -0.39 is 0 Å². The second-order valence-corrected chi connectivity index (χ2v) is 3.43. The first-order chi connectivity index (χ1) is 7.40. The number of para-hydroxylation sites is 2. The topological polar surface area (TPSA) is 50.7 Å². The van der Waals surface area contributed by atoms with Gasteiger partial charge in [0.15, 0.2) is 11.5 Å². The van der Waals surface area contributed by atoms with Gasteiger partial charge in [0.05, 0.1) is 6.61 Å². The molecule has 0 bridgehead atoms. The summed E-state index contributed by atoms with van der Waals surface area (Å²) in [5.74, 6) is 1.59. The van der Waals surface area contributed by atoms with Gasteiger partial charge in [0.1, 0.15) is 12.7 Å². The zero-order valence-electron chi connectivity index (χ0n) is 8.48. The molecule has 1 aromatic rings. The second-order valence-electron chi connectivity index (χ2n) is 3.43. The molecule has 0 fully saturated rings. The molecule has 4 nitrogen and oxygen atoms in total. The Balaban J connectivity index is 1.88. The molecule has 2 rings (SSSR count). The number of fused-ring (bicyclic) bond motifs is 1. The van der Waals surface area contributed by atoms with Crippen molar-refractivity contribution in [1.29, 1.82) is 0 Å². The molecule has 0 aliphatic carbocycles. The van der Waals surface area contributed by atoms with Crippen molar-refractivity contribution in [3.63, 3.8) is 0 Å². The van der Waals surface area contributed by atoms with Crippen molar-refractivity contribution in [3.05, 3.63) is 24.3 Å². The van der Waals surface area contributed by atoms with E-state index in [-0.39, 0.29) is 12.7 Å². The Bertz CT molecular complexity index is 316. The number of benzene rings is 1. The smallest absolute Gasteiger partial charge is 0.161 e. The number of ether oxygens (including phenoxy) is 2. The van der Waals surface area contributed by atoms with Crippen molar-refractivity contribution in [3.8, 4) is 11.5 Å². The van der Waals surface area contributed by atoms with E-state index in [1.807, 2.05) is 24.3 Å². The van der Waals surface area contributed by atoms with Crippen LogP contribution >= 0.6 is 0 Å². The highest BCUT2D eigenvalue weighted by Crippen LogP contribution is 2.30. The Morgan fingerprint density at radius 2 is 2.13 bits per heavy atom. The monoisotopic (exact) mass is 209 g/mol. The summed E-state index contributed by atoms with van der Waals surface area (Å²) < 4.78 is 11.2. The molecular formula is C11H15NO3. The van der Waals surface area contributed by atoms with Crippen LogP contribution in [0.1, 0.15) is 0 Å². The van der Waals surface area contributed by atoms with E-state index in [2.05, 4.69) is 5.32 Å². The zero-order valence-corrected chi connectivity index (χ0v) is 8.48. The lowest BCUT2D eigenvalue weighted by Crippen LogP contribution is -2.39. The van der Waals surface area contributed by atoms with Gasteiger partial charge in [0.25, 0.3) is 0 Å². The van der Waals surface area contributed by atoms with Crippen LogP contribution < -0.4 is 14.8 Å². The molecule has 4 heteroatoms. The van der Waals surface area contributed by atoms with Crippen molar-refractivity contribution < 1.29 is 14.6 Å². The molecule has 1 aromatic carbocycles. The van der Waals surface area contributed by atoms with Gasteiger partial charge in [-0.05, 0) is 12.1 Å². The number of hydrogen-bond donors (Lipinski definition) is 2. The highest BCUT2D eigenvalue weighted by molar-refractivity contribution is 5.40. The predicted octanol–water partition coefficient (Wildman–Crippen LogP) is 0.408. The molecule has 1 aliphatic rings. The van der Waals surface area contributed by atoms with Crippen LogP contribution in [0.3, 0.4) is 0 Å². The Morgan fingerprint density at radius 1 is 1.33 bits per heavy atom. The summed E-state index contributed by atoms with van der Waals surface area (Å²) in [5.41, 5.74) is 0. The molecular weight excluding hydrogens is 194 g/mol. The third-order valence-electron chi connectivity index (χ3n) is 2.23. The van der Waals surface area contributed by atoms with Crippen LogP contribution in [-0.4, -0.2) is 37.5 Å².